The molecule has 0 spiro atoms. The van der Waals surface area contributed by atoms with E-state index in [1.165, 1.54) is 29.1 Å². The number of hydrogen-bond acceptors (Lipinski definition) is 7. The third-order valence-electron chi connectivity index (χ3n) is 6.80. The summed E-state index contributed by atoms with van der Waals surface area (Å²) >= 11 is 0. The van der Waals surface area contributed by atoms with Crippen LogP contribution in [-0.2, 0) is 12.0 Å². The molecule has 6 rings (SSSR count). The van der Waals surface area contributed by atoms with E-state index in [1.54, 1.807) is 17.0 Å². The first kappa shape index (κ1) is 22.4. The van der Waals surface area contributed by atoms with Gasteiger partial charge in [-0.05, 0) is 37.1 Å². The van der Waals surface area contributed by atoms with Crippen LogP contribution in [-0.4, -0.2) is 55.0 Å². The third kappa shape index (κ3) is 3.48. The van der Waals surface area contributed by atoms with Gasteiger partial charge in [-0.15, -0.1) is 0 Å². The zero-order valence-electron chi connectivity index (χ0n) is 18.7. The predicted molar refractivity (Wildman–Crippen MR) is 117 cm³/mol. The van der Waals surface area contributed by atoms with Crippen LogP contribution in [0.5, 0.6) is 0 Å². The average molecular weight is 501 g/mol. The van der Waals surface area contributed by atoms with Crippen LogP contribution in [0.2, 0.25) is 0 Å². The molecule has 3 aromatic heterocycles. The first-order chi connectivity index (χ1) is 17.2. The summed E-state index contributed by atoms with van der Waals surface area (Å²) in [5.41, 5.74) is 4.89. The highest BCUT2D eigenvalue weighted by Crippen LogP contribution is 2.58. The maximum absolute atomic E-state index is 14.9. The largest absolute Gasteiger partial charge is 0.403 e. The summed E-state index contributed by atoms with van der Waals surface area (Å²) in [4.78, 5) is 22.2. The Morgan fingerprint density at radius 2 is 2.00 bits per heavy atom. The fraction of sp³-hybridized carbons (Fsp3) is 0.348. The topological polar surface area (TPSA) is 116 Å². The molecule has 1 amide bonds. The van der Waals surface area contributed by atoms with E-state index >= 15 is 0 Å². The van der Waals surface area contributed by atoms with Gasteiger partial charge >= 0.3 is 6.18 Å². The zero-order chi connectivity index (χ0) is 25.2. The number of hydrogen-bond donors (Lipinski definition) is 1. The quantitative estimate of drug-likeness (QED) is 0.417. The second-order valence-corrected chi connectivity index (χ2v) is 9.15. The number of benzene rings is 1. The normalized spacial score (nSPS) is 17.4. The molecule has 1 saturated carbocycles. The number of fused-ring (bicyclic) bond motifs is 1. The lowest BCUT2D eigenvalue weighted by Crippen LogP contribution is -2.48. The van der Waals surface area contributed by atoms with Gasteiger partial charge in [0.15, 0.2) is 5.82 Å². The van der Waals surface area contributed by atoms with Gasteiger partial charge in [0.05, 0.1) is 16.6 Å². The Labute approximate surface area is 200 Å². The van der Waals surface area contributed by atoms with E-state index in [9.17, 15) is 22.4 Å². The van der Waals surface area contributed by atoms with E-state index < -0.39 is 23.3 Å². The molecule has 1 aliphatic carbocycles. The number of nitrogen functional groups attached to an aromatic ring is 1. The van der Waals surface area contributed by atoms with E-state index in [2.05, 4.69) is 20.2 Å². The minimum Gasteiger partial charge on any atom is -0.384 e. The van der Waals surface area contributed by atoms with E-state index in [0.29, 0.717) is 35.2 Å². The van der Waals surface area contributed by atoms with Crippen molar-refractivity contribution in [3.8, 4) is 0 Å². The van der Waals surface area contributed by atoms with Crippen molar-refractivity contribution in [1.82, 2.24) is 29.8 Å². The number of pyridine rings is 1. The van der Waals surface area contributed by atoms with Crippen LogP contribution >= 0.6 is 0 Å². The van der Waals surface area contributed by atoms with E-state index in [4.69, 9.17) is 10.3 Å². The lowest BCUT2D eigenvalue weighted by Gasteiger charge is -2.38. The molecule has 2 N–H and O–H groups in total. The van der Waals surface area contributed by atoms with Crippen LogP contribution < -0.4 is 5.73 Å². The summed E-state index contributed by atoms with van der Waals surface area (Å²) < 4.78 is 61.5. The Hall–Kier alpha value is -4.03. The van der Waals surface area contributed by atoms with Crippen molar-refractivity contribution in [2.24, 2.45) is 0 Å². The van der Waals surface area contributed by atoms with Crippen molar-refractivity contribution in [3.63, 3.8) is 0 Å². The van der Waals surface area contributed by atoms with E-state index in [-0.39, 0.29) is 42.9 Å². The van der Waals surface area contributed by atoms with Crippen LogP contribution in [0.3, 0.4) is 0 Å². The minimum atomic E-state index is -4.47. The molecule has 1 aliphatic heterocycles. The van der Waals surface area contributed by atoms with Gasteiger partial charge in [-0.25, -0.2) is 9.37 Å². The summed E-state index contributed by atoms with van der Waals surface area (Å²) in [6.45, 7) is 0.549. The number of carbonyl (C=O) groups is 1. The van der Waals surface area contributed by atoms with E-state index in [1.807, 2.05) is 0 Å². The predicted octanol–water partition coefficient (Wildman–Crippen LogP) is 3.42. The Balaban J connectivity index is 1.25. The number of anilines is 1. The van der Waals surface area contributed by atoms with Crippen LogP contribution in [0.1, 0.15) is 46.5 Å². The van der Waals surface area contributed by atoms with Crippen LogP contribution in [0.4, 0.5) is 23.4 Å². The summed E-state index contributed by atoms with van der Waals surface area (Å²) in [6, 6.07) is 7.55. The molecule has 4 heterocycles. The highest BCUT2D eigenvalue weighted by atomic mass is 19.4. The smallest absolute Gasteiger partial charge is 0.384 e. The van der Waals surface area contributed by atoms with Gasteiger partial charge < -0.3 is 15.2 Å². The highest BCUT2D eigenvalue weighted by molar-refractivity contribution is 5.95. The molecule has 0 atom stereocenters. The lowest BCUT2D eigenvalue weighted by molar-refractivity contribution is -0.166. The van der Waals surface area contributed by atoms with Crippen molar-refractivity contribution in [2.45, 2.75) is 36.9 Å². The molecular formula is C23H19F4N7O2. The van der Waals surface area contributed by atoms with Gasteiger partial charge in [0.25, 0.3) is 5.91 Å². The summed E-state index contributed by atoms with van der Waals surface area (Å²) in [7, 11) is 0. The standard InChI is InChI=1S/C23H19F4N7O2/c24-14-2-1-3-15-18(14)19(13-9-33(10-13)20(35)12-4-7-29-16(28)8-12)31-34(15)11-17-30-21(36-32-17)22(5-6-22)23(25,26)27/h1-4,7-8,13H,5-6,9-11H2,(H2,28,29). The first-order valence-electron chi connectivity index (χ1n) is 11.2. The van der Waals surface area contributed by atoms with Crippen molar-refractivity contribution < 1.29 is 26.9 Å². The Morgan fingerprint density at radius 3 is 2.69 bits per heavy atom. The second-order valence-electron chi connectivity index (χ2n) is 9.15. The molecule has 0 radical (unpaired) electrons. The maximum Gasteiger partial charge on any atom is 0.403 e. The Kier molecular flexibility index (Phi) is 4.82. The number of likely N-dealkylation sites (tertiary alicyclic amines) is 1. The number of nitrogens with zero attached hydrogens (tertiary/aromatic N) is 6. The molecule has 36 heavy (non-hydrogen) atoms. The van der Waals surface area contributed by atoms with Crippen molar-refractivity contribution in [3.05, 3.63) is 65.3 Å². The van der Waals surface area contributed by atoms with Gasteiger partial charge in [-0.2, -0.15) is 23.3 Å². The van der Waals surface area contributed by atoms with E-state index in [0.717, 1.165) is 0 Å². The van der Waals surface area contributed by atoms with Gasteiger partial charge in [-0.1, -0.05) is 11.2 Å². The molecule has 2 aliphatic rings. The van der Waals surface area contributed by atoms with Crippen LogP contribution in [0.15, 0.2) is 41.1 Å². The van der Waals surface area contributed by atoms with Gasteiger partial charge in [0, 0.05) is 30.8 Å². The van der Waals surface area contributed by atoms with Crippen LogP contribution in [0.25, 0.3) is 10.9 Å². The second kappa shape index (κ2) is 7.73. The summed E-state index contributed by atoms with van der Waals surface area (Å²) in [5.74, 6) is -1.14. The maximum atomic E-state index is 14.9. The molecule has 2 fully saturated rings. The number of aromatic nitrogens is 5. The number of halogens is 4. The molecule has 13 heteroatoms. The number of carbonyl (C=O) groups excluding carboxylic acids is 1. The zero-order valence-corrected chi connectivity index (χ0v) is 18.7. The summed E-state index contributed by atoms with van der Waals surface area (Å²) in [6.07, 6.45) is -3.21. The van der Waals surface area contributed by atoms with Crippen molar-refractivity contribution in [1.29, 1.82) is 0 Å². The molecule has 1 aromatic carbocycles. The average Bonchev–Trinajstić information content (AvgIpc) is 3.38. The third-order valence-corrected chi connectivity index (χ3v) is 6.80. The summed E-state index contributed by atoms with van der Waals surface area (Å²) in [5, 5.41) is 8.56. The SMILES string of the molecule is Nc1cc(C(=O)N2CC(c3nn(Cc4noc(C5(C(F)(F)F)CC5)n4)c4cccc(F)c34)C2)ccn1. The Morgan fingerprint density at radius 1 is 1.22 bits per heavy atom. The van der Waals surface area contributed by atoms with Gasteiger partial charge in [-0.3, -0.25) is 9.48 Å². The van der Waals surface area contributed by atoms with Crippen LogP contribution in [0, 0.1) is 5.82 Å². The minimum absolute atomic E-state index is 0.0152. The fourth-order valence-electron chi connectivity index (χ4n) is 4.59. The molecular weight excluding hydrogens is 482 g/mol. The molecule has 9 nitrogen and oxygen atoms in total. The Bertz CT molecular complexity index is 1490. The van der Waals surface area contributed by atoms with Gasteiger partial charge in [0.1, 0.15) is 23.6 Å². The first-order valence-corrected chi connectivity index (χ1v) is 11.2. The number of amides is 1. The van der Waals surface area contributed by atoms with Gasteiger partial charge in [0.2, 0.25) is 5.89 Å². The molecule has 1 saturated heterocycles. The molecule has 4 aromatic rings. The van der Waals surface area contributed by atoms with Crippen molar-refractivity contribution in [2.75, 3.05) is 18.8 Å². The lowest BCUT2D eigenvalue weighted by atomic mass is 9.93. The molecule has 0 bridgehead atoms. The molecule has 186 valence electrons. The number of rotatable bonds is 5. The fourth-order valence-corrected chi connectivity index (χ4v) is 4.59. The number of alkyl halides is 3. The monoisotopic (exact) mass is 501 g/mol. The van der Waals surface area contributed by atoms with Crippen molar-refractivity contribution >= 4 is 22.6 Å². The number of nitrogens with two attached hydrogens (primary N) is 1. The highest BCUT2D eigenvalue weighted by Gasteiger charge is 2.68. The molecule has 0 unspecified atom stereocenters.